The number of cyclic esters (lactones) is 1. The highest BCUT2D eigenvalue weighted by Gasteiger charge is 2.21. The highest BCUT2D eigenvalue weighted by atomic mass is 79.9. The van der Waals surface area contributed by atoms with E-state index < -0.39 is 5.97 Å². The molecule has 0 saturated heterocycles. The van der Waals surface area contributed by atoms with Crippen molar-refractivity contribution in [3.8, 4) is 11.3 Å². The van der Waals surface area contributed by atoms with Crippen LogP contribution in [0.3, 0.4) is 0 Å². The summed E-state index contributed by atoms with van der Waals surface area (Å²) in [6.07, 6.45) is 5.09. The van der Waals surface area contributed by atoms with Crippen LogP contribution in [0.1, 0.15) is 11.3 Å². The van der Waals surface area contributed by atoms with Gasteiger partial charge >= 0.3 is 5.97 Å². The van der Waals surface area contributed by atoms with E-state index in [4.69, 9.17) is 9.15 Å². The molecule has 0 saturated carbocycles. The van der Waals surface area contributed by atoms with Crippen molar-refractivity contribution < 1.29 is 13.9 Å². The standard InChI is InChI=1S/C22H14BrNO3/c23-17-9-7-16(8-10-17)20-12-11-18(26-20)14-19-22(25)27-21(24-19)13-6-15-4-2-1-3-5-15/h1-14H/b13-6+,19-14-. The molecule has 0 radical (unpaired) electrons. The van der Waals surface area contributed by atoms with Crippen molar-refractivity contribution in [1.29, 1.82) is 0 Å². The van der Waals surface area contributed by atoms with Crippen LogP contribution in [0.2, 0.25) is 0 Å². The summed E-state index contributed by atoms with van der Waals surface area (Å²) in [6, 6.07) is 21.2. The predicted octanol–water partition coefficient (Wildman–Crippen LogP) is 5.72. The van der Waals surface area contributed by atoms with E-state index in [0.29, 0.717) is 11.5 Å². The number of esters is 1. The molecule has 5 heteroatoms. The van der Waals surface area contributed by atoms with Crippen molar-refractivity contribution in [1.82, 2.24) is 0 Å². The predicted molar refractivity (Wildman–Crippen MR) is 109 cm³/mol. The second kappa shape index (κ2) is 7.60. The zero-order valence-electron chi connectivity index (χ0n) is 14.1. The number of benzene rings is 2. The molecule has 0 spiro atoms. The van der Waals surface area contributed by atoms with E-state index >= 15 is 0 Å². The number of halogens is 1. The molecule has 0 bridgehead atoms. The topological polar surface area (TPSA) is 51.8 Å². The third-order valence-corrected chi connectivity index (χ3v) is 4.42. The van der Waals surface area contributed by atoms with Crippen molar-refractivity contribution in [2.75, 3.05) is 0 Å². The minimum atomic E-state index is -0.496. The fraction of sp³-hybridized carbons (Fsp3) is 0. The van der Waals surface area contributed by atoms with Crippen molar-refractivity contribution in [2.24, 2.45) is 4.99 Å². The minimum absolute atomic E-state index is 0.208. The first kappa shape index (κ1) is 17.2. The highest BCUT2D eigenvalue weighted by molar-refractivity contribution is 9.10. The Balaban J connectivity index is 1.53. The fourth-order valence-electron chi connectivity index (χ4n) is 2.56. The lowest BCUT2D eigenvalue weighted by atomic mass is 10.2. The molecule has 27 heavy (non-hydrogen) atoms. The van der Waals surface area contributed by atoms with Gasteiger partial charge in [0.05, 0.1) is 0 Å². The second-order valence-corrected chi connectivity index (χ2v) is 6.74. The molecule has 4 nitrogen and oxygen atoms in total. The molecular formula is C22H14BrNO3. The summed E-state index contributed by atoms with van der Waals surface area (Å²) in [5.74, 6) is 1.02. The second-order valence-electron chi connectivity index (χ2n) is 5.82. The van der Waals surface area contributed by atoms with Gasteiger partial charge in [-0.2, -0.15) is 0 Å². The van der Waals surface area contributed by atoms with Gasteiger partial charge in [-0.25, -0.2) is 9.79 Å². The van der Waals surface area contributed by atoms with Crippen LogP contribution in [0.25, 0.3) is 23.5 Å². The van der Waals surface area contributed by atoms with Crippen LogP contribution in [0.4, 0.5) is 0 Å². The monoisotopic (exact) mass is 419 g/mol. The number of ether oxygens (including phenoxy) is 1. The van der Waals surface area contributed by atoms with Gasteiger partial charge in [0.15, 0.2) is 5.70 Å². The number of hydrogen-bond acceptors (Lipinski definition) is 4. The lowest BCUT2D eigenvalue weighted by Crippen LogP contribution is -2.00. The van der Waals surface area contributed by atoms with Crippen LogP contribution in [0.15, 0.2) is 92.4 Å². The van der Waals surface area contributed by atoms with Crippen molar-refractivity contribution >= 4 is 39.9 Å². The third kappa shape index (κ3) is 4.15. The number of furan rings is 1. The van der Waals surface area contributed by atoms with Crippen molar-refractivity contribution in [3.63, 3.8) is 0 Å². The number of rotatable bonds is 4. The Bertz CT molecular complexity index is 1060. The number of nitrogens with zero attached hydrogens (tertiary/aromatic N) is 1. The van der Waals surface area contributed by atoms with E-state index in [9.17, 15) is 4.79 Å². The Hall–Kier alpha value is -3.18. The molecule has 0 atom stereocenters. The fourth-order valence-corrected chi connectivity index (χ4v) is 2.83. The van der Waals surface area contributed by atoms with E-state index in [1.165, 1.54) is 0 Å². The molecular weight excluding hydrogens is 406 g/mol. The zero-order chi connectivity index (χ0) is 18.6. The van der Waals surface area contributed by atoms with E-state index in [1.807, 2.05) is 66.7 Å². The van der Waals surface area contributed by atoms with Crippen LogP contribution >= 0.6 is 15.9 Å². The lowest BCUT2D eigenvalue weighted by Gasteiger charge is -1.96. The number of hydrogen-bond donors (Lipinski definition) is 0. The molecule has 132 valence electrons. The average Bonchev–Trinajstić information content (AvgIpc) is 3.29. The van der Waals surface area contributed by atoms with Gasteiger partial charge in [0, 0.05) is 22.2 Å². The summed E-state index contributed by atoms with van der Waals surface area (Å²) in [5, 5.41) is 0. The molecule has 0 unspecified atom stereocenters. The summed E-state index contributed by atoms with van der Waals surface area (Å²) in [4.78, 5) is 16.3. The molecule has 4 rings (SSSR count). The Morgan fingerprint density at radius 1 is 0.889 bits per heavy atom. The van der Waals surface area contributed by atoms with Crippen LogP contribution in [0, 0.1) is 0 Å². The van der Waals surface area contributed by atoms with Crippen LogP contribution in [0.5, 0.6) is 0 Å². The molecule has 0 N–H and O–H groups in total. The van der Waals surface area contributed by atoms with E-state index in [1.54, 1.807) is 18.2 Å². The molecule has 0 amide bonds. The first-order valence-electron chi connectivity index (χ1n) is 8.29. The van der Waals surface area contributed by atoms with Gasteiger partial charge in [-0.15, -0.1) is 0 Å². The largest absolute Gasteiger partial charge is 0.457 e. The van der Waals surface area contributed by atoms with Crippen LogP contribution in [-0.2, 0) is 9.53 Å². The Labute approximate surface area is 164 Å². The summed E-state index contributed by atoms with van der Waals surface area (Å²) in [7, 11) is 0. The maximum Gasteiger partial charge on any atom is 0.363 e. The van der Waals surface area contributed by atoms with Gasteiger partial charge < -0.3 is 9.15 Å². The quantitative estimate of drug-likeness (QED) is 0.401. The molecule has 2 aromatic carbocycles. The first-order chi connectivity index (χ1) is 13.2. The molecule has 3 aromatic rings. The number of carbonyl (C=O) groups excluding carboxylic acids is 1. The van der Waals surface area contributed by atoms with Gasteiger partial charge in [-0.3, -0.25) is 0 Å². The van der Waals surface area contributed by atoms with Gasteiger partial charge in [0.25, 0.3) is 0 Å². The summed E-state index contributed by atoms with van der Waals surface area (Å²) < 4.78 is 12.0. The first-order valence-corrected chi connectivity index (χ1v) is 9.08. The van der Waals surface area contributed by atoms with E-state index in [2.05, 4.69) is 20.9 Å². The third-order valence-electron chi connectivity index (χ3n) is 3.89. The highest BCUT2D eigenvalue weighted by Crippen LogP contribution is 2.26. The van der Waals surface area contributed by atoms with Gasteiger partial charge in [0.1, 0.15) is 11.5 Å². The number of aliphatic imine (C=N–C) groups is 1. The van der Waals surface area contributed by atoms with Crippen LogP contribution < -0.4 is 0 Å². The lowest BCUT2D eigenvalue weighted by molar-refractivity contribution is -0.129. The Morgan fingerprint density at radius 3 is 2.44 bits per heavy atom. The van der Waals surface area contributed by atoms with Crippen molar-refractivity contribution in [2.45, 2.75) is 0 Å². The summed E-state index contributed by atoms with van der Waals surface area (Å²) >= 11 is 3.41. The molecule has 1 aliphatic heterocycles. The average molecular weight is 420 g/mol. The molecule has 0 fully saturated rings. The zero-order valence-corrected chi connectivity index (χ0v) is 15.7. The van der Waals surface area contributed by atoms with Gasteiger partial charge in [-0.1, -0.05) is 58.4 Å². The maximum atomic E-state index is 12.0. The normalized spacial score (nSPS) is 15.4. The molecule has 2 heterocycles. The van der Waals surface area contributed by atoms with Crippen LogP contribution in [-0.4, -0.2) is 11.9 Å². The molecule has 1 aromatic heterocycles. The maximum absolute atomic E-state index is 12.0. The summed E-state index contributed by atoms with van der Waals surface area (Å²) in [6.45, 7) is 0. The molecule has 1 aliphatic rings. The van der Waals surface area contributed by atoms with E-state index in [-0.39, 0.29) is 11.6 Å². The smallest absolute Gasteiger partial charge is 0.363 e. The van der Waals surface area contributed by atoms with E-state index in [0.717, 1.165) is 15.6 Å². The van der Waals surface area contributed by atoms with Gasteiger partial charge in [-0.05, 0) is 35.9 Å². The molecule has 0 aliphatic carbocycles. The SMILES string of the molecule is O=C1OC(/C=C/c2ccccc2)=NC/1=C\c1ccc(-c2ccc(Br)cc2)o1. The minimum Gasteiger partial charge on any atom is -0.457 e. The van der Waals surface area contributed by atoms with Gasteiger partial charge in [0.2, 0.25) is 5.90 Å². The summed E-state index contributed by atoms with van der Waals surface area (Å²) in [5.41, 5.74) is 2.16. The Morgan fingerprint density at radius 2 is 1.67 bits per heavy atom. The number of carbonyl (C=O) groups is 1. The Kier molecular flexibility index (Phi) is 4.85. The van der Waals surface area contributed by atoms with Crippen molar-refractivity contribution in [3.05, 3.63) is 94.3 Å².